The average molecular weight is 292 g/mol. The zero-order chi connectivity index (χ0) is 14.6. The number of piperazine rings is 1. The fourth-order valence-corrected chi connectivity index (χ4v) is 2.86. The molecule has 0 radical (unpaired) electrons. The monoisotopic (exact) mass is 292 g/mol. The van der Waals surface area contributed by atoms with Crippen LogP contribution in [0.4, 0.5) is 0 Å². The molecular weight excluding hydrogens is 272 g/mol. The van der Waals surface area contributed by atoms with Crippen molar-refractivity contribution in [2.24, 2.45) is 0 Å². The van der Waals surface area contributed by atoms with Gasteiger partial charge in [0.25, 0.3) is 0 Å². The van der Waals surface area contributed by atoms with Crippen LogP contribution in [-0.2, 0) is 19.4 Å². The molecule has 0 aromatic carbocycles. The van der Waals surface area contributed by atoms with Crippen molar-refractivity contribution in [3.8, 4) is 0 Å². The predicted molar refractivity (Wildman–Crippen MR) is 69.5 cm³/mol. The lowest BCUT2D eigenvalue weighted by molar-refractivity contribution is -0.143. The van der Waals surface area contributed by atoms with E-state index in [1.165, 1.54) is 0 Å². The van der Waals surface area contributed by atoms with Crippen LogP contribution in [-0.4, -0.2) is 67.0 Å². The molecule has 0 aromatic heterocycles. The SMILES string of the molecule is CC(C)S(=O)(=O)CCN1CCNC(=O)C1CC(=O)O. The van der Waals surface area contributed by atoms with E-state index in [1.807, 2.05) is 0 Å². The van der Waals surface area contributed by atoms with Crippen molar-refractivity contribution < 1.29 is 23.1 Å². The third-order valence-electron chi connectivity index (χ3n) is 3.19. The highest BCUT2D eigenvalue weighted by Gasteiger charge is 2.32. The first-order valence-corrected chi connectivity index (χ1v) is 7.90. The van der Waals surface area contributed by atoms with Gasteiger partial charge in [-0.15, -0.1) is 0 Å². The van der Waals surface area contributed by atoms with Gasteiger partial charge < -0.3 is 10.4 Å². The number of amides is 1. The molecule has 0 saturated carbocycles. The van der Waals surface area contributed by atoms with Gasteiger partial charge >= 0.3 is 5.97 Å². The molecule has 19 heavy (non-hydrogen) atoms. The van der Waals surface area contributed by atoms with Gasteiger partial charge in [0.15, 0.2) is 9.84 Å². The number of hydrogen-bond acceptors (Lipinski definition) is 5. The van der Waals surface area contributed by atoms with Crippen molar-refractivity contribution in [1.29, 1.82) is 0 Å². The van der Waals surface area contributed by atoms with Crippen molar-refractivity contribution in [2.45, 2.75) is 31.6 Å². The van der Waals surface area contributed by atoms with Crippen LogP contribution in [0.3, 0.4) is 0 Å². The molecule has 0 spiro atoms. The van der Waals surface area contributed by atoms with Gasteiger partial charge in [0.1, 0.15) is 0 Å². The smallest absolute Gasteiger partial charge is 0.305 e. The fourth-order valence-electron chi connectivity index (χ4n) is 1.90. The third kappa shape index (κ3) is 4.46. The van der Waals surface area contributed by atoms with Gasteiger partial charge in [-0.25, -0.2) is 8.42 Å². The van der Waals surface area contributed by atoms with E-state index in [4.69, 9.17) is 5.11 Å². The molecule has 0 aliphatic carbocycles. The Bertz CT molecular complexity index is 446. The van der Waals surface area contributed by atoms with Gasteiger partial charge in [0, 0.05) is 19.6 Å². The molecule has 0 bridgehead atoms. The summed E-state index contributed by atoms with van der Waals surface area (Å²) < 4.78 is 23.5. The summed E-state index contributed by atoms with van der Waals surface area (Å²) in [4.78, 5) is 24.0. The molecule has 8 heteroatoms. The van der Waals surface area contributed by atoms with Gasteiger partial charge in [-0.05, 0) is 13.8 Å². The zero-order valence-electron chi connectivity index (χ0n) is 11.1. The Hall–Kier alpha value is -1.15. The van der Waals surface area contributed by atoms with Crippen LogP contribution in [0, 0.1) is 0 Å². The van der Waals surface area contributed by atoms with E-state index >= 15 is 0 Å². The van der Waals surface area contributed by atoms with Gasteiger partial charge in [0.05, 0.1) is 23.5 Å². The molecule has 1 atom stereocenters. The second-order valence-corrected chi connectivity index (χ2v) is 7.53. The lowest BCUT2D eigenvalue weighted by Crippen LogP contribution is -2.56. The van der Waals surface area contributed by atoms with Gasteiger partial charge in [-0.3, -0.25) is 14.5 Å². The normalized spacial score (nSPS) is 21.4. The Kier molecular flexibility index (Phi) is 5.30. The number of nitrogens with zero attached hydrogens (tertiary/aromatic N) is 1. The number of hydrogen-bond donors (Lipinski definition) is 2. The van der Waals surface area contributed by atoms with E-state index in [-0.39, 0.29) is 24.6 Å². The van der Waals surface area contributed by atoms with E-state index < -0.39 is 27.1 Å². The Morgan fingerprint density at radius 3 is 2.68 bits per heavy atom. The number of nitrogens with one attached hydrogen (secondary N) is 1. The van der Waals surface area contributed by atoms with Gasteiger partial charge in [-0.2, -0.15) is 0 Å². The van der Waals surface area contributed by atoms with Crippen LogP contribution >= 0.6 is 0 Å². The van der Waals surface area contributed by atoms with Crippen LogP contribution in [0.5, 0.6) is 0 Å². The molecule has 0 aromatic rings. The van der Waals surface area contributed by atoms with Crippen LogP contribution in [0.1, 0.15) is 20.3 Å². The summed E-state index contributed by atoms with van der Waals surface area (Å²) in [6, 6.07) is -0.784. The Morgan fingerprint density at radius 1 is 1.53 bits per heavy atom. The van der Waals surface area contributed by atoms with Crippen LogP contribution in [0.15, 0.2) is 0 Å². The average Bonchev–Trinajstić information content (AvgIpc) is 2.29. The summed E-state index contributed by atoms with van der Waals surface area (Å²) in [6.45, 7) is 4.28. The van der Waals surface area contributed by atoms with E-state index in [1.54, 1.807) is 18.7 Å². The number of sulfone groups is 1. The Balaban J connectivity index is 2.68. The Morgan fingerprint density at radius 2 is 2.16 bits per heavy atom. The maximum absolute atomic E-state index is 11.7. The lowest BCUT2D eigenvalue weighted by atomic mass is 10.1. The number of carbonyl (C=O) groups excluding carboxylic acids is 1. The highest BCUT2D eigenvalue weighted by Crippen LogP contribution is 2.10. The molecule has 1 unspecified atom stereocenters. The number of rotatable bonds is 6. The first-order chi connectivity index (χ1) is 8.74. The molecule has 1 heterocycles. The fraction of sp³-hybridized carbons (Fsp3) is 0.818. The maximum atomic E-state index is 11.7. The molecule has 1 amide bonds. The van der Waals surface area contributed by atoms with Crippen molar-refractivity contribution in [3.05, 3.63) is 0 Å². The molecule has 2 N–H and O–H groups in total. The minimum Gasteiger partial charge on any atom is -0.481 e. The molecule has 1 fully saturated rings. The van der Waals surface area contributed by atoms with Crippen molar-refractivity contribution in [3.63, 3.8) is 0 Å². The minimum atomic E-state index is -3.19. The largest absolute Gasteiger partial charge is 0.481 e. The van der Waals surface area contributed by atoms with Gasteiger partial charge in [-0.1, -0.05) is 0 Å². The number of carboxylic acid groups (broad SMARTS) is 1. The molecule has 1 aliphatic rings. The van der Waals surface area contributed by atoms with Crippen molar-refractivity contribution >= 4 is 21.7 Å². The van der Waals surface area contributed by atoms with Crippen LogP contribution in [0.2, 0.25) is 0 Å². The molecular formula is C11H20N2O5S. The standard InChI is InChI=1S/C11H20N2O5S/c1-8(2)19(17,18)6-5-13-4-3-12-11(16)9(13)7-10(14)15/h8-9H,3-7H2,1-2H3,(H,12,16)(H,14,15). The first-order valence-electron chi connectivity index (χ1n) is 6.19. The topological polar surface area (TPSA) is 104 Å². The second kappa shape index (κ2) is 6.33. The summed E-state index contributed by atoms with van der Waals surface area (Å²) in [5.41, 5.74) is 0. The quantitative estimate of drug-likeness (QED) is 0.656. The molecule has 7 nitrogen and oxygen atoms in total. The third-order valence-corrected chi connectivity index (χ3v) is 5.38. The molecule has 1 rings (SSSR count). The lowest BCUT2D eigenvalue weighted by Gasteiger charge is -2.34. The van der Waals surface area contributed by atoms with Crippen LogP contribution < -0.4 is 5.32 Å². The summed E-state index contributed by atoms with van der Waals surface area (Å²) in [7, 11) is -3.19. The van der Waals surface area contributed by atoms with Crippen molar-refractivity contribution in [2.75, 3.05) is 25.4 Å². The van der Waals surface area contributed by atoms with E-state index in [9.17, 15) is 18.0 Å². The van der Waals surface area contributed by atoms with Crippen molar-refractivity contribution in [1.82, 2.24) is 10.2 Å². The summed E-state index contributed by atoms with van der Waals surface area (Å²) in [5, 5.41) is 10.9. The maximum Gasteiger partial charge on any atom is 0.305 e. The van der Waals surface area contributed by atoms with E-state index in [2.05, 4.69) is 5.32 Å². The summed E-state index contributed by atoms with van der Waals surface area (Å²) in [6.07, 6.45) is -0.312. The molecule has 1 aliphatic heterocycles. The van der Waals surface area contributed by atoms with E-state index in [0.29, 0.717) is 13.1 Å². The summed E-state index contributed by atoms with van der Waals surface area (Å²) >= 11 is 0. The highest BCUT2D eigenvalue weighted by atomic mass is 32.2. The van der Waals surface area contributed by atoms with Crippen LogP contribution in [0.25, 0.3) is 0 Å². The summed E-state index contributed by atoms with van der Waals surface area (Å²) in [5.74, 6) is -1.48. The number of carboxylic acids is 1. The Labute approximate surface area is 112 Å². The van der Waals surface area contributed by atoms with Gasteiger partial charge in [0.2, 0.25) is 5.91 Å². The number of carbonyl (C=O) groups is 2. The minimum absolute atomic E-state index is 0.0614. The predicted octanol–water partition coefficient (Wildman–Crippen LogP) is -0.915. The highest BCUT2D eigenvalue weighted by molar-refractivity contribution is 7.92. The molecule has 110 valence electrons. The molecule has 1 saturated heterocycles. The number of aliphatic carboxylic acids is 1. The second-order valence-electron chi connectivity index (χ2n) is 4.86. The zero-order valence-corrected chi connectivity index (χ0v) is 11.9. The van der Waals surface area contributed by atoms with E-state index in [0.717, 1.165) is 0 Å². The first kappa shape index (κ1) is 15.9.